The zero-order chi connectivity index (χ0) is 14.8. The van der Waals surface area contributed by atoms with Crippen molar-refractivity contribution in [1.82, 2.24) is 14.8 Å². The first-order chi connectivity index (χ1) is 10.2. The van der Waals surface area contributed by atoms with Gasteiger partial charge in [0.1, 0.15) is 17.9 Å². The van der Waals surface area contributed by atoms with Crippen LogP contribution in [0.5, 0.6) is 5.75 Å². The van der Waals surface area contributed by atoms with Crippen molar-refractivity contribution in [3.05, 3.63) is 54.1 Å². The van der Waals surface area contributed by atoms with E-state index in [-0.39, 0.29) is 0 Å². The fourth-order valence-corrected chi connectivity index (χ4v) is 2.37. The maximum Gasteiger partial charge on any atom is 0.138 e. The van der Waals surface area contributed by atoms with E-state index in [0.29, 0.717) is 6.42 Å². The number of fused-ring (bicyclic) bond motifs is 1. The molecule has 0 aliphatic heterocycles. The van der Waals surface area contributed by atoms with Gasteiger partial charge >= 0.3 is 0 Å². The van der Waals surface area contributed by atoms with E-state index >= 15 is 0 Å². The van der Waals surface area contributed by atoms with Gasteiger partial charge in [-0.1, -0.05) is 18.2 Å². The molecule has 0 spiro atoms. The molecule has 0 aliphatic rings. The molecule has 1 heterocycles. The maximum atomic E-state index is 10.4. The van der Waals surface area contributed by atoms with Gasteiger partial charge in [0, 0.05) is 13.5 Å². The number of hydrogen-bond acceptors (Lipinski definition) is 4. The molecule has 0 fully saturated rings. The van der Waals surface area contributed by atoms with Crippen LogP contribution in [0.4, 0.5) is 0 Å². The lowest BCUT2D eigenvalue weighted by atomic mass is 10.0. The van der Waals surface area contributed by atoms with Gasteiger partial charge in [0.25, 0.3) is 0 Å². The van der Waals surface area contributed by atoms with Crippen LogP contribution >= 0.6 is 0 Å². The van der Waals surface area contributed by atoms with Crippen molar-refractivity contribution < 1.29 is 9.84 Å². The molecule has 0 aliphatic carbocycles. The summed E-state index contributed by atoms with van der Waals surface area (Å²) < 4.78 is 6.89. The highest BCUT2D eigenvalue weighted by Gasteiger charge is 2.12. The van der Waals surface area contributed by atoms with Gasteiger partial charge in [-0.15, -0.1) is 0 Å². The van der Waals surface area contributed by atoms with Crippen LogP contribution in [0.15, 0.2) is 42.7 Å². The molecule has 108 valence electrons. The lowest BCUT2D eigenvalue weighted by molar-refractivity contribution is 0.174. The van der Waals surface area contributed by atoms with Gasteiger partial charge in [-0.2, -0.15) is 5.10 Å². The summed E-state index contributed by atoms with van der Waals surface area (Å²) in [6, 6.07) is 11.8. The molecule has 3 rings (SSSR count). The summed E-state index contributed by atoms with van der Waals surface area (Å²) in [5.74, 6) is 1.59. The van der Waals surface area contributed by atoms with E-state index in [4.69, 9.17) is 4.74 Å². The van der Waals surface area contributed by atoms with Crippen molar-refractivity contribution in [3.63, 3.8) is 0 Å². The predicted molar refractivity (Wildman–Crippen MR) is 80.2 cm³/mol. The molecule has 1 atom stereocenters. The first-order valence-corrected chi connectivity index (χ1v) is 6.76. The summed E-state index contributed by atoms with van der Waals surface area (Å²) in [5.41, 5.74) is 0.871. The molecule has 0 saturated heterocycles. The Kier molecular flexibility index (Phi) is 3.58. The van der Waals surface area contributed by atoms with E-state index < -0.39 is 6.10 Å². The van der Waals surface area contributed by atoms with Crippen LogP contribution in [0.25, 0.3) is 10.8 Å². The number of aliphatic hydroxyl groups excluding tert-OH is 1. The van der Waals surface area contributed by atoms with Gasteiger partial charge in [0.05, 0.1) is 13.2 Å². The normalized spacial score (nSPS) is 12.5. The van der Waals surface area contributed by atoms with Crippen molar-refractivity contribution in [2.45, 2.75) is 12.5 Å². The number of nitrogens with zero attached hydrogens (tertiary/aromatic N) is 3. The van der Waals surface area contributed by atoms with Gasteiger partial charge in [0.15, 0.2) is 0 Å². The Labute approximate surface area is 122 Å². The number of aromatic nitrogens is 3. The van der Waals surface area contributed by atoms with Gasteiger partial charge in [-0.3, -0.25) is 4.68 Å². The summed E-state index contributed by atoms with van der Waals surface area (Å²) in [5, 5.41) is 16.5. The molecule has 21 heavy (non-hydrogen) atoms. The molecule has 0 radical (unpaired) electrons. The van der Waals surface area contributed by atoms with Crippen molar-refractivity contribution in [3.8, 4) is 5.75 Å². The van der Waals surface area contributed by atoms with Gasteiger partial charge in [-0.05, 0) is 34.5 Å². The van der Waals surface area contributed by atoms with Crippen LogP contribution < -0.4 is 4.74 Å². The monoisotopic (exact) mass is 283 g/mol. The molecule has 1 unspecified atom stereocenters. The second-order valence-corrected chi connectivity index (χ2v) is 4.99. The SMILES string of the molecule is COc1ccc2cc(C(O)Cc3ncnn3C)ccc2c1. The van der Waals surface area contributed by atoms with Crippen LogP contribution in [0.1, 0.15) is 17.5 Å². The largest absolute Gasteiger partial charge is 0.497 e. The summed E-state index contributed by atoms with van der Waals surface area (Å²) in [6.07, 6.45) is 1.34. The Morgan fingerprint density at radius 2 is 1.95 bits per heavy atom. The number of rotatable bonds is 4. The summed E-state index contributed by atoms with van der Waals surface area (Å²) >= 11 is 0. The zero-order valence-electron chi connectivity index (χ0n) is 12.0. The van der Waals surface area contributed by atoms with Crippen LogP contribution in [0.3, 0.4) is 0 Å². The number of ether oxygens (including phenoxy) is 1. The van der Waals surface area contributed by atoms with Crippen LogP contribution in [-0.4, -0.2) is 27.0 Å². The molecular weight excluding hydrogens is 266 g/mol. The third-order valence-electron chi connectivity index (χ3n) is 3.64. The highest BCUT2D eigenvalue weighted by molar-refractivity contribution is 5.84. The number of methoxy groups -OCH3 is 1. The first-order valence-electron chi connectivity index (χ1n) is 6.76. The molecular formula is C16H17N3O2. The Hall–Kier alpha value is -2.40. The molecule has 0 saturated carbocycles. The van der Waals surface area contributed by atoms with Gasteiger partial charge in [-0.25, -0.2) is 4.98 Å². The Balaban J connectivity index is 1.88. The summed E-state index contributed by atoms with van der Waals surface area (Å²) in [7, 11) is 3.47. The van der Waals surface area contributed by atoms with E-state index in [2.05, 4.69) is 10.1 Å². The summed E-state index contributed by atoms with van der Waals surface area (Å²) in [4.78, 5) is 4.14. The van der Waals surface area contributed by atoms with E-state index in [1.54, 1.807) is 11.8 Å². The van der Waals surface area contributed by atoms with Crippen molar-refractivity contribution in [1.29, 1.82) is 0 Å². The minimum atomic E-state index is -0.598. The molecule has 3 aromatic rings. The highest BCUT2D eigenvalue weighted by Crippen LogP contribution is 2.25. The molecule has 2 aromatic carbocycles. The highest BCUT2D eigenvalue weighted by atomic mass is 16.5. The van der Waals surface area contributed by atoms with Gasteiger partial charge in [0.2, 0.25) is 0 Å². The average Bonchev–Trinajstić information content (AvgIpc) is 2.91. The lowest BCUT2D eigenvalue weighted by Crippen LogP contribution is -2.07. The third kappa shape index (κ3) is 2.73. The van der Waals surface area contributed by atoms with E-state index in [1.807, 2.05) is 43.4 Å². The minimum absolute atomic E-state index is 0.443. The number of benzene rings is 2. The summed E-state index contributed by atoms with van der Waals surface area (Å²) in [6.45, 7) is 0. The number of aryl methyl sites for hydroxylation is 1. The second kappa shape index (κ2) is 5.54. The topological polar surface area (TPSA) is 60.2 Å². The molecule has 5 nitrogen and oxygen atoms in total. The third-order valence-corrected chi connectivity index (χ3v) is 3.64. The van der Waals surface area contributed by atoms with Crippen LogP contribution in [-0.2, 0) is 13.5 Å². The van der Waals surface area contributed by atoms with Crippen molar-refractivity contribution in [2.75, 3.05) is 7.11 Å². The molecule has 1 aromatic heterocycles. The maximum absolute atomic E-state index is 10.4. The van der Waals surface area contributed by atoms with E-state index in [1.165, 1.54) is 6.33 Å². The van der Waals surface area contributed by atoms with Gasteiger partial charge < -0.3 is 9.84 Å². The fraction of sp³-hybridized carbons (Fsp3) is 0.250. The van der Waals surface area contributed by atoms with Crippen LogP contribution in [0, 0.1) is 0 Å². The molecule has 0 amide bonds. The van der Waals surface area contributed by atoms with Crippen molar-refractivity contribution in [2.24, 2.45) is 7.05 Å². The quantitative estimate of drug-likeness (QED) is 0.798. The molecule has 0 bridgehead atoms. The first kappa shape index (κ1) is 13.6. The molecule has 5 heteroatoms. The average molecular weight is 283 g/mol. The number of aliphatic hydroxyl groups is 1. The Bertz CT molecular complexity index is 767. The second-order valence-electron chi connectivity index (χ2n) is 4.99. The fourth-order valence-electron chi connectivity index (χ4n) is 2.37. The smallest absolute Gasteiger partial charge is 0.138 e. The van der Waals surface area contributed by atoms with E-state index in [9.17, 15) is 5.11 Å². The zero-order valence-corrected chi connectivity index (χ0v) is 12.0. The minimum Gasteiger partial charge on any atom is -0.497 e. The molecule has 1 N–H and O–H groups in total. The predicted octanol–water partition coefficient (Wildman–Crippen LogP) is 2.25. The number of hydrogen-bond donors (Lipinski definition) is 1. The Morgan fingerprint density at radius 1 is 1.19 bits per heavy atom. The standard InChI is InChI=1S/C16H17N3O2/c1-19-16(17-10-18-19)9-15(20)13-4-3-12-8-14(21-2)6-5-11(12)7-13/h3-8,10,15,20H,9H2,1-2H3. The van der Waals surface area contributed by atoms with E-state index in [0.717, 1.165) is 27.9 Å². The Morgan fingerprint density at radius 3 is 2.67 bits per heavy atom. The van der Waals surface area contributed by atoms with Crippen molar-refractivity contribution >= 4 is 10.8 Å². The lowest BCUT2D eigenvalue weighted by Gasteiger charge is -2.12. The van der Waals surface area contributed by atoms with Crippen LogP contribution in [0.2, 0.25) is 0 Å².